The normalized spacial score (nSPS) is 19.5. The van der Waals surface area contributed by atoms with E-state index >= 15 is 0 Å². The molecule has 1 aromatic carbocycles. The van der Waals surface area contributed by atoms with Crippen molar-refractivity contribution in [3.05, 3.63) is 23.1 Å². The number of anilines is 2. The number of hydrogen-bond donors (Lipinski definition) is 2. The smallest absolute Gasteiger partial charge is 0.262 e. The Morgan fingerprint density at radius 1 is 1.46 bits per heavy atom. The Morgan fingerprint density at radius 3 is 3.21 bits per heavy atom. The van der Waals surface area contributed by atoms with Gasteiger partial charge in [-0.25, -0.2) is 4.98 Å². The molecular weight excluding hydrogens is 326 g/mol. The lowest BCUT2D eigenvalue weighted by atomic mass is 10.1. The first-order valence-corrected chi connectivity index (χ1v) is 8.90. The molecule has 1 atom stereocenters. The maximum absolute atomic E-state index is 11.5. The van der Waals surface area contributed by atoms with Crippen LogP contribution in [0.3, 0.4) is 0 Å². The number of nitrogens with zero attached hydrogens (tertiary/aromatic N) is 1. The van der Waals surface area contributed by atoms with Gasteiger partial charge in [0.25, 0.3) is 5.91 Å². The molecule has 4 rings (SSSR count). The van der Waals surface area contributed by atoms with Crippen LogP contribution in [0.5, 0.6) is 5.75 Å². The number of benzene rings is 1. The SMILES string of the molecule is Cc1sc(NC[C@H]2CCCO2)nc1-c1ccc2c(c1)NC(=O)CO2. The summed E-state index contributed by atoms with van der Waals surface area (Å²) in [6.07, 6.45) is 2.53. The van der Waals surface area contributed by atoms with Gasteiger partial charge in [0.05, 0.1) is 17.5 Å². The first kappa shape index (κ1) is 15.4. The van der Waals surface area contributed by atoms with Crippen molar-refractivity contribution in [3.8, 4) is 17.0 Å². The van der Waals surface area contributed by atoms with Crippen LogP contribution in [0.15, 0.2) is 18.2 Å². The standard InChI is InChI=1S/C17H19N3O3S/c1-10-16(20-17(24-10)18-8-12-3-2-6-22-12)11-4-5-14-13(7-11)19-15(21)9-23-14/h4-5,7,12H,2-3,6,8-9H2,1H3,(H,18,20)(H,19,21)/t12-/m1/s1. The van der Waals surface area contributed by atoms with Crippen molar-refractivity contribution in [2.75, 3.05) is 30.4 Å². The Labute approximate surface area is 144 Å². The second-order valence-corrected chi connectivity index (χ2v) is 7.19. The van der Waals surface area contributed by atoms with Crippen LogP contribution in [-0.4, -0.2) is 36.8 Å². The zero-order valence-electron chi connectivity index (χ0n) is 13.4. The third-order valence-electron chi connectivity index (χ3n) is 4.19. The molecule has 126 valence electrons. The van der Waals surface area contributed by atoms with Gasteiger partial charge in [0.1, 0.15) is 5.75 Å². The molecule has 2 aliphatic rings. The summed E-state index contributed by atoms with van der Waals surface area (Å²) in [5.74, 6) is 0.566. The van der Waals surface area contributed by atoms with Crippen molar-refractivity contribution in [2.24, 2.45) is 0 Å². The number of carbonyl (C=O) groups is 1. The molecule has 2 aromatic rings. The van der Waals surface area contributed by atoms with Gasteiger partial charge in [-0.2, -0.15) is 0 Å². The first-order chi connectivity index (χ1) is 11.7. The molecule has 6 nitrogen and oxygen atoms in total. The fourth-order valence-corrected chi connectivity index (χ4v) is 3.82. The van der Waals surface area contributed by atoms with Gasteiger partial charge < -0.3 is 20.1 Å². The number of aromatic nitrogens is 1. The minimum Gasteiger partial charge on any atom is -0.482 e. The van der Waals surface area contributed by atoms with Crippen LogP contribution in [-0.2, 0) is 9.53 Å². The quantitative estimate of drug-likeness (QED) is 0.891. The van der Waals surface area contributed by atoms with Crippen LogP contribution < -0.4 is 15.4 Å². The number of ether oxygens (including phenoxy) is 2. The minimum absolute atomic E-state index is 0.0688. The summed E-state index contributed by atoms with van der Waals surface area (Å²) >= 11 is 1.63. The van der Waals surface area contributed by atoms with E-state index in [0.29, 0.717) is 11.4 Å². The summed E-state index contributed by atoms with van der Waals surface area (Å²) in [5, 5.41) is 7.11. The van der Waals surface area contributed by atoms with E-state index in [-0.39, 0.29) is 18.6 Å². The van der Waals surface area contributed by atoms with Gasteiger partial charge in [0, 0.05) is 23.6 Å². The average molecular weight is 345 g/mol. The lowest BCUT2D eigenvalue weighted by molar-refractivity contribution is -0.118. The molecule has 24 heavy (non-hydrogen) atoms. The van der Waals surface area contributed by atoms with E-state index in [1.165, 1.54) is 0 Å². The highest BCUT2D eigenvalue weighted by Crippen LogP contribution is 2.36. The molecule has 1 saturated heterocycles. The monoisotopic (exact) mass is 345 g/mol. The fraction of sp³-hybridized carbons (Fsp3) is 0.412. The predicted molar refractivity (Wildman–Crippen MR) is 93.9 cm³/mol. The molecule has 1 aromatic heterocycles. The van der Waals surface area contributed by atoms with Crippen molar-refractivity contribution in [3.63, 3.8) is 0 Å². The summed E-state index contributed by atoms with van der Waals surface area (Å²) in [6.45, 7) is 3.77. The Morgan fingerprint density at radius 2 is 2.38 bits per heavy atom. The van der Waals surface area contributed by atoms with Gasteiger partial charge in [-0.1, -0.05) is 0 Å². The molecule has 1 fully saturated rings. The first-order valence-electron chi connectivity index (χ1n) is 8.09. The second kappa shape index (κ2) is 6.41. The van der Waals surface area contributed by atoms with Gasteiger partial charge in [-0.3, -0.25) is 4.79 Å². The van der Waals surface area contributed by atoms with Crippen LogP contribution in [0.4, 0.5) is 10.8 Å². The van der Waals surface area contributed by atoms with E-state index in [9.17, 15) is 4.79 Å². The van der Waals surface area contributed by atoms with Crippen molar-refractivity contribution < 1.29 is 14.3 Å². The minimum atomic E-state index is -0.131. The number of nitrogens with one attached hydrogen (secondary N) is 2. The summed E-state index contributed by atoms with van der Waals surface area (Å²) in [6, 6.07) is 5.77. The summed E-state index contributed by atoms with van der Waals surface area (Å²) in [4.78, 5) is 17.3. The second-order valence-electron chi connectivity index (χ2n) is 5.99. The number of rotatable bonds is 4. The molecule has 0 radical (unpaired) electrons. The summed E-state index contributed by atoms with van der Waals surface area (Å²) < 4.78 is 11.0. The Balaban J connectivity index is 1.53. The van der Waals surface area contributed by atoms with Crippen molar-refractivity contribution in [2.45, 2.75) is 25.9 Å². The molecule has 0 spiro atoms. The molecule has 1 amide bonds. The van der Waals surface area contributed by atoms with E-state index in [4.69, 9.17) is 14.5 Å². The molecule has 0 saturated carbocycles. The molecule has 3 heterocycles. The van der Waals surface area contributed by atoms with Gasteiger partial charge >= 0.3 is 0 Å². The molecule has 0 bridgehead atoms. The van der Waals surface area contributed by atoms with E-state index in [1.807, 2.05) is 18.2 Å². The molecular formula is C17H19N3O3S. The average Bonchev–Trinajstić information content (AvgIpc) is 3.21. The van der Waals surface area contributed by atoms with Crippen LogP contribution in [0.1, 0.15) is 17.7 Å². The van der Waals surface area contributed by atoms with Gasteiger partial charge in [-0.05, 0) is 38.0 Å². The highest BCUT2D eigenvalue weighted by Gasteiger charge is 2.19. The van der Waals surface area contributed by atoms with Gasteiger partial charge in [-0.15, -0.1) is 11.3 Å². The summed E-state index contributed by atoms with van der Waals surface area (Å²) in [7, 11) is 0. The van der Waals surface area contributed by atoms with Crippen molar-refractivity contribution in [1.82, 2.24) is 4.98 Å². The number of hydrogen-bond acceptors (Lipinski definition) is 6. The Bertz CT molecular complexity index is 768. The van der Waals surface area contributed by atoms with E-state index in [2.05, 4.69) is 17.6 Å². The number of aryl methyl sites for hydroxylation is 1. The third-order valence-corrected chi connectivity index (χ3v) is 5.12. The van der Waals surface area contributed by atoms with Crippen LogP contribution >= 0.6 is 11.3 Å². The van der Waals surface area contributed by atoms with Gasteiger partial charge in [0.15, 0.2) is 11.7 Å². The highest BCUT2D eigenvalue weighted by molar-refractivity contribution is 7.16. The highest BCUT2D eigenvalue weighted by atomic mass is 32.1. The molecule has 2 N–H and O–H groups in total. The molecule has 0 unspecified atom stereocenters. The van der Waals surface area contributed by atoms with Crippen molar-refractivity contribution in [1.29, 1.82) is 0 Å². The number of fused-ring (bicyclic) bond motifs is 1. The van der Waals surface area contributed by atoms with Crippen LogP contribution in [0.25, 0.3) is 11.3 Å². The number of thiazole rings is 1. The lowest BCUT2D eigenvalue weighted by Crippen LogP contribution is -2.25. The zero-order chi connectivity index (χ0) is 16.5. The lowest BCUT2D eigenvalue weighted by Gasteiger charge is -2.18. The molecule has 0 aliphatic carbocycles. The molecule has 7 heteroatoms. The topological polar surface area (TPSA) is 72.5 Å². The largest absolute Gasteiger partial charge is 0.482 e. The van der Waals surface area contributed by atoms with Crippen LogP contribution in [0, 0.1) is 6.92 Å². The Hall–Kier alpha value is -2.12. The van der Waals surface area contributed by atoms with E-state index < -0.39 is 0 Å². The maximum Gasteiger partial charge on any atom is 0.262 e. The predicted octanol–water partition coefficient (Wildman–Crippen LogP) is 3.04. The molecule has 2 aliphatic heterocycles. The number of carbonyl (C=O) groups excluding carboxylic acids is 1. The van der Waals surface area contributed by atoms with Crippen LogP contribution in [0.2, 0.25) is 0 Å². The Kier molecular flexibility index (Phi) is 4.12. The van der Waals surface area contributed by atoms with Gasteiger partial charge in [0.2, 0.25) is 0 Å². The third kappa shape index (κ3) is 3.09. The maximum atomic E-state index is 11.5. The van der Waals surface area contributed by atoms with Crippen molar-refractivity contribution >= 4 is 28.1 Å². The summed E-state index contributed by atoms with van der Waals surface area (Å²) in [5.41, 5.74) is 2.60. The fourth-order valence-electron chi connectivity index (χ4n) is 2.98. The van der Waals surface area contributed by atoms with E-state index in [1.54, 1.807) is 11.3 Å². The van der Waals surface area contributed by atoms with E-state index in [0.717, 1.165) is 47.3 Å². The number of amides is 1. The zero-order valence-corrected chi connectivity index (χ0v) is 14.2.